The van der Waals surface area contributed by atoms with Crippen molar-refractivity contribution < 1.29 is 4.74 Å². The zero-order valence-corrected chi connectivity index (χ0v) is 5.53. The molecule has 1 aliphatic heterocycles. The van der Waals surface area contributed by atoms with Crippen LogP contribution in [0.25, 0.3) is 0 Å². The molecule has 0 aliphatic carbocycles. The van der Waals surface area contributed by atoms with Gasteiger partial charge in [-0.05, 0) is 0 Å². The lowest BCUT2D eigenvalue weighted by molar-refractivity contribution is 0.00656. The van der Waals surface area contributed by atoms with E-state index in [1.807, 2.05) is 0 Å². The number of aromatic nitrogens is 2. The summed E-state index contributed by atoms with van der Waals surface area (Å²) in [6.07, 6.45) is 5.20. The van der Waals surface area contributed by atoms with Gasteiger partial charge in [-0.1, -0.05) is 0 Å². The third kappa shape index (κ3) is 0.885. The molecule has 0 atom stereocenters. The molecule has 1 aliphatic rings. The van der Waals surface area contributed by atoms with Crippen LogP contribution in [0.15, 0.2) is 18.6 Å². The monoisotopic (exact) mass is 136 g/mol. The van der Waals surface area contributed by atoms with Gasteiger partial charge in [0.25, 0.3) is 0 Å². The van der Waals surface area contributed by atoms with Gasteiger partial charge in [0, 0.05) is 24.5 Å². The Morgan fingerprint density at radius 2 is 2.30 bits per heavy atom. The summed E-state index contributed by atoms with van der Waals surface area (Å²) < 4.78 is 5.02. The number of nitrogens with zero attached hydrogens (tertiary/aromatic N) is 2. The van der Waals surface area contributed by atoms with Crippen LogP contribution in [0.2, 0.25) is 0 Å². The third-order valence-corrected chi connectivity index (χ3v) is 1.64. The molecule has 52 valence electrons. The Balaban J connectivity index is 2.18. The molecule has 0 N–H and O–H groups in total. The highest BCUT2D eigenvalue weighted by molar-refractivity contribution is 5.05. The van der Waals surface area contributed by atoms with E-state index in [1.54, 1.807) is 18.6 Å². The minimum absolute atomic E-state index is 0.494. The molecule has 10 heavy (non-hydrogen) atoms. The van der Waals surface area contributed by atoms with Crippen molar-refractivity contribution in [2.45, 2.75) is 5.92 Å². The van der Waals surface area contributed by atoms with Crippen LogP contribution >= 0.6 is 0 Å². The predicted molar refractivity (Wildman–Crippen MR) is 35.6 cm³/mol. The maximum atomic E-state index is 5.02. The quantitative estimate of drug-likeness (QED) is 0.566. The summed E-state index contributed by atoms with van der Waals surface area (Å²) in [5, 5.41) is 0. The minimum Gasteiger partial charge on any atom is -0.380 e. The first kappa shape index (κ1) is 5.80. The second kappa shape index (κ2) is 2.34. The van der Waals surface area contributed by atoms with Gasteiger partial charge in [-0.25, -0.2) is 0 Å². The summed E-state index contributed by atoms with van der Waals surface area (Å²) in [6, 6.07) is 0. The highest BCUT2D eigenvalue weighted by Crippen LogP contribution is 2.20. The summed E-state index contributed by atoms with van der Waals surface area (Å²) in [5.41, 5.74) is 1.05. The molecule has 0 bridgehead atoms. The van der Waals surface area contributed by atoms with Crippen LogP contribution < -0.4 is 0 Å². The lowest BCUT2D eigenvalue weighted by atomic mass is 10.1. The standard InChI is InChI=1S/C7H8N2O/c1-2-9-7(3-8-1)6-4-10-5-6/h1-3,6H,4-5H2. The van der Waals surface area contributed by atoms with E-state index in [0.717, 1.165) is 18.9 Å². The van der Waals surface area contributed by atoms with Crippen LogP contribution in [-0.4, -0.2) is 23.2 Å². The first-order valence-corrected chi connectivity index (χ1v) is 3.30. The summed E-state index contributed by atoms with van der Waals surface area (Å²) in [7, 11) is 0. The van der Waals surface area contributed by atoms with Crippen molar-refractivity contribution in [3.63, 3.8) is 0 Å². The lowest BCUT2D eigenvalue weighted by Crippen LogP contribution is -2.25. The van der Waals surface area contributed by atoms with Crippen molar-refractivity contribution in [1.29, 1.82) is 0 Å². The SMILES string of the molecule is c1cnc(C2COC2)cn1. The van der Waals surface area contributed by atoms with Gasteiger partial charge in [-0.15, -0.1) is 0 Å². The maximum Gasteiger partial charge on any atom is 0.0663 e. The molecular weight excluding hydrogens is 128 g/mol. The van der Waals surface area contributed by atoms with Crippen LogP contribution in [0.1, 0.15) is 11.6 Å². The number of hydrogen-bond donors (Lipinski definition) is 0. The Kier molecular flexibility index (Phi) is 1.36. The Hall–Kier alpha value is -0.960. The van der Waals surface area contributed by atoms with Crippen molar-refractivity contribution in [1.82, 2.24) is 9.97 Å². The molecule has 2 rings (SSSR count). The molecule has 0 aromatic carbocycles. The number of hydrogen-bond acceptors (Lipinski definition) is 3. The molecular formula is C7H8N2O. The summed E-state index contributed by atoms with van der Waals surface area (Å²) in [4.78, 5) is 8.13. The van der Waals surface area contributed by atoms with Crippen LogP contribution in [0.3, 0.4) is 0 Å². The van der Waals surface area contributed by atoms with Crippen LogP contribution in [0.5, 0.6) is 0 Å². The van der Waals surface area contributed by atoms with E-state index >= 15 is 0 Å². The van der Waals surface area contributed by atoms with Crippen molar-refractivity contribution in [3.05, 3.63) is 24.3 Å². The highest BCUT2D eigenvalue weighted by Gasteiger charge is 2.21. The summed E-state index contributed by atoms with van der Waals surface area (Å²) in [5.74, 6) is 0.494. The third-order valence-electron chi connectivity index (χ3n) is 1.64. The molecule has 0 radical (unpaired) electrons. The lowest BCUT2D eigenvalue weighted by Gasteiger charge is -2.24. The average molecular weight is 136 g/mol. The van der Waals surface area contributed by atoms with Gasteiger partial charge in [0.15, 0.2) is 0 Å². The van der Waals surface area contributed by atoms with Gasteiger partial charge in [0.1, 0.15) is 0 Å². The molecule has 3 nitrogen and oxygen atoms in total. The minimum atomic E-state index is 0.494. The zero-order chi connectivity index (χ0) is 6.81. The predicted octanol–water partition coefficient (Wildman–Crippen LogP) is 0.590. The van der Waals surface area contributed by atoms with Gasteiger partial charge in [-0.2, -0.15) is 0 Å². The summed E-state index contributed by atoms with van der Waals surface area (Å²) >= 11 is 0. The van der Waals surface area contributed by atoms with Crippen molar-refractivity contribution >= 4 is 0 Å². The molecule has 0 spiro atoms. The second-order valence-corrected chi connectivity index (χ2v) is 2.36. The van der Waals surface area contributed by atoms with E-state index < -0.39 is 0 Å². The van der Waals surface area contributed by atoms with E-state index in [0.29, 0.717) is 5.92 Å². The Morgan fingerprint density at radius 3 is 2.80 bits per heavy atom. The van der Waals surface area contributed by atoms with E-state index in [2.05, 4.69) is 9.97 Å². The van der Waals surface area contributed by atoms with Crippen molar-refractivity contribution in [2.24, 2.45) is 0 Å². The molecule has 0 amide bonds. The Morgan fingerprint density at radius 1 is 1.40 bits per heavy atom. The van der Waals surface area contributed by atoms with E-state index in [-0.39, 0.29) is 0 Å². The maximum absolute atomic E-state index is 5.02. The Labute approximate surface area is 59.1 Å². The van der Waals surface area contributed by atoms with Gasteiger partial charge in [-0.3, -0.25) is 9.97 Å². The van der Waals surface area contributed by atoms with Gasteiger partial charge >= 0.3 is 0 Å². The topological polar surface area (TPSA) is 35.0 Å². The normalized spacial score (nSPS) is 18.4. The van der Waals surface area contributed by atoms with Gasteiger partial charge in [0.2, 0.25) is 0 Å². The van der Waals surface area contributed by atoms with Crippen molar-refractivity contribution in [2.75, 3.05) is 13.2 Å². The van der Waals surface area contributed by atoms with E-state index in [9.17, 15) is 0 Å². The Bertz CT molecular complexity index is 208. The van der Waals surface area contributed by atoms with Crippen LogP contribution in [0, 0.1) is 0 Å². The summed E-state index contributed by atoms with van der Waals surface area (Å²) in [6.45, 7) is 1.61. The first-order chi connectivity index (χ1) is 4.97. The largest absolute Gasteiger partial charge is 0.380 e. The molecule has 1 aromatic rings. The average Bonchev–Trinajstić information content (AvgIpc) is 1.86. The highest BCUT2D eigenvalue weighted by atomic mass is 16.5. The molecule has 0 unspecified atom stereocenters. The first-order valence-electron chi connectivity index (χ1n) is 3.30. The molecule has 1 fully saturated rings. The van der Waals surface area contributed by atoms with Crippen LogP contribution in [-0.2, 0) is 4.74 Å². The number of ether oxygens (including phenoxy) is 1. The zero-order valence-electron chi connectivity index (χ0n) is 5.53. The van der Waals surface area contributed by atoms with E-state index in [4.69, 9.17) is 4.74 Å². The van der Waals surface area contributed by atoms with E-state index in [1.165, 1.54) is 0 Å². The molecule has 1 saturated heterocycles. The van der Waals surface area contributed by atoms with Gasteiger partial charge < -0.3 is 4.74 Å². The fraction of sp³-hybridized carbons (Fsp3) is 0.429. The molecule has 0 saturated carbocycles. The van der Waals surface area contributed by atoms with Gasteiger partial charge in [0.05, 0.1) is 18.9 Å². The molecule has 2 heterocycles. The number of rotatable bonds is 1. The second-order valence-electron chi connectivity index (χ2n) is 2.36. The molecule has 3 heteroatoms. The van der Waals surface area contributed by atoms with Crippen LogP contribution in [0.4, 0.5) is 0 Å². The molecule has 1 aromatic heterocycles. The fourth-order valence-electron chi connectivity index (χ4n) is 0.928. The fourth-order valence-corrected chi connectivity index (χ4v) is 0.928. The van der Waals surface area contributed by atoms with Crippen molar-refractivity contribution in [3.8, 4) is 0 Å². The smallest absolute Gasteiger partial charge is 0.0663 e.